The van der Waals surface area contributed by atoms with Gasteiger partial charge in [-0.1, -0.05) is 48.5 Å². The standard InChI is InChI=1S/C40H63N3O7/c1-22(2)30(50-35(47)43-18-9-19-43)25-20-23(3)29-31(48-25)32(44)38(7)27-12-11-26-36(4,5)28(49-34(46)42-24-10-8-17-41-33(24)45)13-14-39(26)21-40(27,39)16-15-37(29,38)6/h22-32,44H,8-21H2,1-7H3,(H,41,45)(H,42,46)/t23-,24-,25?,26+,27?,28+,29+,30-,31?,32+,37-,38-,39-,40+/m1/s1. The van der Waals surface area contributed by atoms with Gasteiger partial charge in [0.15, 0.2) is 0 Å². The van der Waals surface area contributed by atoms with Crippen LogP contribution in [0, 0.1) is 56.7 Å². The van der Waals surface area contributed by atoms with Crippen LogP contribution < -0.4 is 10.6 Å². The van der Waals surface area contributed by atoms with Crippen molar-refractivity contribution in [3.8, 4) is 0 Å². The van der Waals surface area contributed by atoms with Gasteiger partial charge in [0, 0.05) is 30.5 Å². The van der Waals surface area contributed by atoms with Crippen molar-refractivity contribution in [2.24, 2.45) is 56.7 Å². The van der Waals surface area contributed by atoms with Crippen LogP contribution in [-0.2, 0) is 19.0 Å². The van der Waals surface area contributed by atoms with Crippen molar-refractivity contribution < 1.29 is 33.7 Å². The molecule has 8 aliphatic rings. The summed E-state index contributed by atoms with van der Waals surface area (Å²) in [6.07, 6.45) is 8.56. The third-order valence-corrected chi connectivity index (χ3v) is 17.0. The van der Waals surface area contributed by atoms with E-state index < -0.39 is 18.2 Å². The molecule has 3 amide bonds. The van der Waals surface area contributed by atoms with Crippen molar-refractivity contribution in [1.29, 1.82) is 0 Å². The van der Waals surface area contributed by atoms with Gasteiger partial charge < -0.3 is 34.9 Å². The van der Waals surface area contributed by atoms with Crippen LogP contribution in [0.25, 0.3) is 0 Å². The lowest BCUT2D eigenvalue weighted by molar-refractivity contribution is -0.185. The number of nitrogens with zero attached hydrogens (tertiary/aromatic N) is 1. The molecule has 2 spiro atoms. The zero-order valence-electron chi connectivity index (χ0n) is 31.6. The van der Waals surface area contributed by atoms with E-state index in [1.807, 2.05) is 0 Å². The van der Waals surface area contributed by atoms with Gasteiger partial charge in [-0.15, -0.1) is 0 Å². The highest BCUT2D eigenvalue weighted by Gasteiger charge is 2.84. The van der Waals surface area contributed by atoms with E-state index in [0.717, 1.165) is 64.5 Å². The minimum atomic E-state index is -0.577. The van der Waals surface area contributed by atoms with Crippen LogP contribution in [0.1, 0.15) is 119 Å². The van der Waals surface area contributed by atoms with Crippen LogP contribution in [0.2, 0.25) is 0 Å². The van der Waals surface area contributed by atoms with E-state index in [2.05, 4.69) is 59.1 Å². The number of hydrogen-bond acceptors (Lipinski definition) is 7. The Hall–Kier alpha value is -2.07. The van der Waals surface area contributed by atoms with Crippen LogP contribution in [0.5, 0.6) is 0 Å². The van der Waals surface area contributed by atoms with E-state index in [0.29, 0.717) is 30.7 Å². The van der Waals surface area contributed by atoms with Crippen molar-refractivity contribution in [2.45, 2.75) is 156 Å². The van der Waals surface area contributed by atoms with Crippen molar-refractivity contribution in [3.63, 3.8) is 0 Å². The lowest BCUT2D eigenvalue weighted by Crippen LogP contribution is -2.60. The Balaban J connectivity index is 1.00. The predicted octanol–water partition coefficient (Wildman–Crippen LogP) is 6.04. The molecule has 3 unspecified atom stereocenters. The van der Waals surface area contributed by atoms with Gasteiger partial charge in [-0.2, -0.15) is 0 Å². The number of carbonyl (C=O) groups excluding carboxylic acids is 3. The number of amides is 3. The molecule has 14 atom stereocenters. The third kappa shape index (κ3) is 4.67. The molecule has 50 heavy (non-hydrogen) atoms. The molecule has 8 rings (SSSR count). The second kappa shape index (κ2) is 11.7. The fourth-order valence-corrected chi connectivity index (χ4v) is 14.3. The Morgan fingerprint density at radius 3 is 2.40 bits per heavy atom. The van der Waals surface area contributed by atoms with Gasteiger partial charge in [-0.25, -0.2) is 9.59 Å². The molecular formula is C40H63N3O7. The lowest BCUT2D eigenvalue weighted by Gasteiger charge is -2.63. The van der Waals surface area contributed by atoms with Crippen molar-refractivity contribution >= 4 is 18.1 Å². The summed E-state index contributed by atoms with van der Waals surface area (Å²) in [7, 11) is 0. The molecule has 0 bridgehead atoms. The lowest BCUT2D eigenvalue weighted by atomic mass is 9.41. The fraction of sp³-hybridized carbons (Fsp3) is 0.925. The minimum absolute atomic E-state index is 0.0467. The SMILES string of the molecule is CC(C)[C@@H](OC(=O)N1CCC1)C1C[C@@H](C)[C@H]2C(O1)[C@H](O)[C@@]1(C)C3CC[C@H]4C(C)(C)[C@@H](OC(=O)N[C@@H]5CCCNC5=O)CC[C@@]45C[C@@]35CC[C@]21C. The van der Waals surface area contributed by atoms with Crippen LogP contribution >= 0.6 is 0 Å². The molecule has 10 heteroatoms. The second-order valence-corrected chi connectivity index (χ2v) is 19.5. The number of alkyl carbamates (subject to hydrolysis) is 1. The maximum absolute atomic E-state index is 13.1. The van der Waals surface area contributed by atoms with Gasteiger partial charge in [0.1, 0.15) is 18.2 Å². The number of carbonyl (C=O) groups is 3. The first kappa shape index (κ1) is 35.0. The van der Waals surface area contributed by atoms with Gasteiger partial charge in [0.2, 0.25) is 5.91 Å². The van der Waals surface area contributed by atoms with E-state index in [-0.39, 0.29) is 75.3 Å². The molecule has 280 valence electrons. The van der Waals surface area contributed by atoms with Crippen LogP contribution in [-0.4, -0.2) is 84.3 Å². The van der Waals surface area contributed by atoms with Gasteiger partial charge >= 0.3 is 12.2 Å². The van der Waals surface area contributed by atoms with Crippen molar-refractivity contribution in [1.82, 2.24) is 15.5 Å². The Bertz CT molecular complexity index is 1400. The minimum Gasteiger partial charge on any atom is -0.446 e. The largest absolute Gasteiger partial charge is 0.446 e. The second-order valence-electron chi connectivity index (χ2n) is 19.5. The summed E-state index contributed by atoms with van der Waals surface area (Å²) < 4.78 is 19.3. The molecule has 5 saturated carbocycles. The quantitative estimate of drug-likeness (QED) is 0.320. The highest BCUT2D eigenvalue weighted by Crippen LogP contribution is 2.89. The molecule has 10 nitrogen and oxygen atoms in total. The number of likely N-dealkylation sites (tertiary alicyclic amines) is 1. The van der Waals surface area contributed by atoms with Crippen LogP contribution in [0.15, 0.2) is 0 Å². The Morgan fingerprint density at radius 2 is 1.72 bits per heavy atom. The first-order chi connectivity index (χ1) is 23.6. The molecule has 8 fully saturated rings. The van der Waals surface area contributed by atoms with E-state index in [9.17, 15) is 19.5 Å². The van der Waals surface area contributed by atoms with E-state index in [1.165, 1.54) is 12.8 Å². The average molecular weight is 698 g/mol. The summed E-state index contributed by atoms with van der Waals surface area (Å²) in [6, 6.07) is -0.520. The monoisotopic (exact) mass is 697 g/mol. The van der Waals surface area contributed by atoms with Gasteiger partial charge in [-0.3, -0.25) is 4.79 Å². The third-order valence-electron chi connectivity index (χ3n) is 17.0. The zero-order valence-corrected chi connectivity index (χ0v) is 31.6. The molecule has 0 aromatic carbocycles. The fourth-order valence-electron chi connectivity index (χ4n) is 14.3. The Labute approximate surface area is 298 Å². The number of hydrogen-bond donors (Lipinski definition) is 3. The van der Waals surface area contributed by atoms with Crippen molar-refractivity contribution in [2.75, 3.05) is 19.6 Å². The first-order valence-electron chi connectivity index (χ1n) is 20.1. The summed E-state index contributed by atoms with van der Waals surface area (Å²) in [5.74, 6) is 1.45. The van der Waals surface area contributed by atoms with E-state index in [4.69, 9.17) is 14.2 Å². The van der Waals surface area contributed by atoms with E-state index >= 15 is 0 Å². The predicted molar refractivity (Wildman–Crippen MR) is 187 cm³/mol. The summed E-state index contributed by atoms with van der Waals surface area (Å²) in [5, 5.41) is 18.3. The Morgan fingerprint density at radius 1 is 1.00 bits per heavy atom. The zero-order chi connectivity index (χ0) is 35.6. The number of rotatable bonds is 5. The Kier molecular flexibility index (Phi) is 8.20. The molecule has 0 aromatic heterocycles. The summed E-state index contributed by atoms with van der Waals surface area (Å²) in [4.78, 5) is 40.1. The number of aliphatic hydroxyl groups is 1. The normalized spacial score (nSPS) is 49.1. The molecule has 3 saturated heterocycles. The molecule has 3 N–H and O–H groups in total. The maximum atomic E-state index is 13.1. The summed E-state index contributed by atoms with van der Waals surface area (Å²) in [5.41, 5.74) is -0.112. The molecule has 0 aromatic rings. The molecule has 0 radical (unpaired) electrons. The first-order valence-corrected chi connectivity index (χ1v) is 20.1. The molecule has 5 aliphatic carbocycles. The van der Waals surface area contributed by atoms with Crippen LogP contribution in [0.4, 0.5) is 9.59 Å². The molecule has 3 aliphatic heterocycles. The number of fused-ring (bicyclic) bond motifs is 4. The number of nitrogens with one attached hydrogen (secondary N) is 2. The highest BCUT2D eigenvalue weighted by atomic mass is 16.6. The number of ether oxygens (including phenoxy) is 3. The molecular weight excluding hydrogens is 634 g/mol. The highest BCUT2D eigenvalue weighted by molar-refractivity contribution is 5.86. The smallest absolute Gasteiger partial charge is 0.410 e. The van der Waals surface area contributed by atoms with E-state index in [1.54, 1.807) is 4.90 Å². The number of piperidine rings is 1. The average Bonchev–Trinajstić information content (AvgIpc) is 3.66. The van der Waals surface area contributed by atoms with Crippen LogP contribution in [0.3, 0.4) is 0 Å². The van der Waals surface area contributed by atoms with Gasteiger partial charge in [0.25, 0.3) is 0 Å². The topological polar surface area (TPSA) is 126 Å². The molecule has 3 heterocycles. The maximum Gasteiger partial charge on any atom is 0.410 e. The number of aliphatic hydroxyl groups excluding tert-OH is 1. The summed E-state index contributed by atoms with van der Waals surface area (Å²) >= 11 is 0. The van der Waals surface area contributed by atoms with Gasteiger partial charge in [-0.05, 0) is 116 Å². The van der Waals surface area contributed by atoms with Crippen molar-refractivity contribution in [3.05, 3.63) is 0 Å². The van der Waals surface area contributed by atoms with Gasteiger partial charge in [0.05, 0.1) is 18.3 Å². The summed E-state index contributed by atoms with van der Waals surface area (Å²) in [6.45, 7) is 18.2.